The first kappa shape index (κ1) is 15.3. The van der Waals surface area contributed by atoms with Crippen LogP contribution in [-0.2, 0) is 11.3 Å². The molecule has 3 aromatic rings. The molecule has 0 spiro atoms. The van der Waals surface area contributed by atoms with Crippen molar-refractivity contribution < 1.29 is 4.79 Å². The molecule has 1 aliphatic heterocycles. The maximum absolute atomic E-state index is 11.9. The summed E-state index contributed by atoms with van der Waals surface area (Å²) in [6.07, 6.45) is 3.02. The normalized spacial score (nSPS) is 14.2. The van der Waals surface area contributed by atoms with E-state index < -0.39 is 0 Å². The Hall–Kier alpha value is -3.22. The number of carbonyl (C=O) groups is 1. The number of hydrogen-bond acceptors (Lipinski definition) is 6. The average Bonchev–Trinajstić information content (AvgIpc) is 3.06. The van der Waals surface area contributed by atoms with Crippen molar-refractivity contribution in [2.75, 3.05) is 22.5 Å². The van der Waals surface area contributed by atoms with E-state index in [1.54, 1.807) is 6.07 Å². The Bertz CT molecular complexity index is 942. The van der Waals surface area contributed by atoms with Crippen LogP contribution in [0.2, 0.25) is 0 Å². The van der Waals surface area contributed by atoms with Crippen LogP contribution in [-0.4, -0.2) is 27.4 Å². The number of carbonyl (C=O) groups excluding carboxylic acids is 1. The molecule has 0 aliphatic carbocycles. The summed E-state index contributed by atoms with van der Waals surface area (Å²) in [6.45, 7) is 1.38. The molecule has 7 heteroatoms. The molecule has 1 aliphatic rings. The van der Waals surface area contributed by atoms with Gasteiger partial charge in [-0.05, 0) is 36.2 Å². The van der Waals surface area contributed by atoms with Gasteiger partial charge in [0.15, 0.2) is 5.65 Å². The van der Waals surface area contributed by atoms with Crippen LogP contribution in [0.5, 0.6) is 0 Å². The summed E-state index contributed by atoms with van der Waals surface area (Å²) in [7, 11) is 0. The first-order chi connectivity index (χ1) is 12.2. The third kappa shape index (κ3) is 3.08. The Kier molecular flexibility index (Phi) is 3.89. The minimum atomic E-state index is 0.190. The van der Waals surface area contributed by atoms with Crippen LogP contribution in [0, 0.1) is 0 Å². The maximum atomic E-state index is 11.9. The van der Waals surface area contributed by atoms with Crippen molar-refractivity contribution in [1.82, 2.24) is 15.0 Å². The lowest BCUT2D eigenvalue weighted by molar-refractivity contribution is -0.117. The Morgan fingerprint density at radius 2 is 2.12 bits per heavy atom. The standard InChI is InChI=1S/C18H18N6O/c19-15-7-6-14-17(21-11-22-18(14)23-15)20-10-12-3-1-4-13(9-12)24-8-2-5-16(24)25/h1,3-4,6-7,9,11H,2,5,8,10H2,(H3,19,20,21,22,23). The van der Waals surface area contributed by atoms with Crippen molar-refractivity contribution in [2.24, 2.45) is 0 Å². The van der Waals surface area contributed by atoms with E-state index in [1.165, 1.54) is 6.33 Å². The highest BCUT2D eigenvalue weighted by atomic mass is 16.2. The van der Waals surface area contributed by atoms with Crippen LogP contribution < -0.4 is 16.0 Å². The largest absolute Gasteiger partial charge is 0.384 e. The first-order valence-electron chi connectivity index (χ1n) is 8.21. The van der Waals surface area contributed by atoms with Gasteiger partial charge in [0, 0.05) is 25.2 Å². The van der Waals surface area contributed by atoms with E-state index in [2.05, 4.69) is 20.3 Å². The minimum absolute atomic E-state index is 0.190. The molecule has 0 unspecified atom stereocenters. The summed E-state index contributed by atoms with van der Waals surface area (Å²) in [5.74, 6) is 1.33. The van der Waals surface area contributed by atoms with Gasteiger partial charge in [0.1, 0.15) is 18.0 Å². The zero-order valence-electron chi connectivity index (χ0n) is 13.6. The number of anilines is 3. The first-order valence-corrected chi connectivity index (χ1v) is 8.21. The van der Waals surface area contributed by atoms with Gasteiger partial charge in [-0.2, -0.15) is 0 Å². The Morgan fingerprint density at radius 1 is 1.20 bits per heavy atom. The van der Waals surface area contributed by atoms with Crippen molar-refractivity contribution in [2.45, 2.75) is 19.4 Å². The summed E-state index contributed by atoms with van der Waals surface area (Å²) in [5, 5.41) is 4.14. The predicted molar refractivity (Wildman–Crippen MR) is 97.1 cm³/mol. The SMILES string of the molecule is Nc1ccc2c(NCc3cccc(N4CCCC4=O)c3)ncnc2n1. The molecule has 1 fully saturated rings. The van der Waals surface area contributed by atoms with Crippen LogP contribution in [0.15, 0.2) is 42.7 Å². The highest BCUT2D eigenvalue weighted by Crippen LogP contribution is 2.23. The molecule has 0 radical (unpaired) electrons. The molecule has 25 heavy (non-hydrogen) atoms. The highest BCUT2D eigenvalue weighted by Gasteiger charge is 2.21. The summed E-state index contributed by atoms with van der Waals surface area (Å²) in [6, 6.07) is 11.6. The van der Waals surface area contributed by atoms with Crippen LogP contribution in [0.1, 0.15) is 18.4 Å². The van der Waals surface area contributed by atoms with Gasteiger partial charge in [-0.3, -0.25) is 4.79 Å². The summed E-state index contributed by atoms with van der Waals surface area (Å²) in [4.78, 5) is 26.4. The van der Waals surface area contributed by atoms with Gasteiger partial charge in [0.05, 0.1) is 5.39 Å². The fourth-order valence-electron chi connectivity index (χ4n) is 3.04. The molecule has 3 heterocycles. The number of amides is 1. The number of nitrogen functional groups attached to an aromatic ring is 1. The van der Waals surface area contributed by atoms with E-state index in [9.17, 15) is 4.79 Å². The van der Waals surface area contributed by atoms with Crippen molar-refractivity contribution in [3.8, 4) is 0 Å². The van der Waals surface area contributed by atoms with Gasteiger partial charge >= 0.3 is 0 Å². The second-order valence-corrected chi connectivity index (χ2v) is 6.00. The zero-order chi connectivity index (χ0) is 17.2. The Morgan fingerprint density at radius 3 is 2.96 bits per heavy atom. The third-order valence-corrected chi connectivity index (χ3v) is 4.27. The molecular weight excluding hydrogens is 316 g/mol. The molecule has 7 nitrogen and oxygen atoms in total. The molecule has 0 saturated carbocycles. The number of rotatable bonds is 4. The van der Waals surface area contributed by atoms with Gasteiger partial charge in [-0.25, -0.2) is 15.0 Å². The van der Waals surface area contributed by atoms with Crippen LogP contribution in [0.4, 0.5) is 17.3 Å². The van der Waals surface area contributed by atoms with E-state index in [1.807, 2.05) is 35.2 Å². The fraction of sp³-hybridized carbons (Fsp3) is 0.222. The number of fused-ring (bicyclic) bond motifs is 1. The van der Waals surface area contributed by atoms with Crippen molar-refractivity contribution in [3.63, 3.8) is 0 Å². The highest BCUT2D eigenvalue weighted by molar-refractivity contribution is 5.95. The number of nitrogens with one attached hydrogen (secondary N) is 1. The molecule has 126 valence electrons. The van der Waals surface area contributed by atoms with Gasteiger partial charge in [0.2, 0.25) is 5.91 Å². The van der Waals surface area contributed by atoms with E-state index in [0.717, 1.165) is 29.6 Å². The van der Waals surface area contributed by atoms with E-state index in [0.29, 0.717) is 30.2 Å². The van der Waals surface area contributed by atoms with Crippen molar-refractivity contribution in [1.29, 1.82) is 0 Å². The molecule has 2 aromatic heterocycles. The summed E-state index contributed by atoms with van der Waals surface area (Å²) < 4.78 is 0. The lowest BCUT2D eigenvalue weighted by atomic mass is 10.2. The summed E-state index contributed by atoms with van der Waals surface area (Å²) >= 11 is 0. The lowest BCUT2D eigenvalue weighted by Crippen LogP contribution is -2.23. The van der Waals surface area contributed by atoms with Gasteiger partial charge in [0.25, 0.3) is 0 Å². The number of pyridine rings is 1. The average molecular weight is 334 g/mol. The molecule has 4 rings (SSSR count). The molecule has 0 atom stereocenters. The third-order valence-electron chi connectivity index (χ3n) is 4.27. The second kappa shape index (κ2) is 6.35. The molecule has 3 N–H and O–H groups in total. The topological polar surface area (TPSA) is 97.0 Å². The number of benzene rings is 1. The molecule has 1 amide bonds. The number of aromatic nitrogens is 3. The van der Waals surface area contributed by atoms with Gasteiger partial charge in [-0.15, -0.1) is 0 Å². The van der Waals surface area contributed by atoms with E-state index >= 15 is 0 Å². The molecule has 1 saturated heterocycles. The van der Waals surface area contributed by atoms with Crippen molar-refractivity contribution in [3.05, 3.63) is 48.3 Å². The van der Waals surface area contributed by atoms with E-state index in [-0.39, 0.29) is 5.91 Å². The predicted octanol–water partition coefficient (Wildman–Crippen LogP) is 2.35. The monoisotopic (exact) mass is 334 g/mol. The number of hydrogen-bond donors (Lipinski definition) is 2. The molecular formula is C18H18N6O. The summed E-state index contributed by atoms with van der Waals surface area (Å²) in [5.41, 5.74) is 8.29. The van der Waals surface area contributed by atoms with Gasteiger partial charge < -0.3 is 16.0 Å². The van der Waals surface area contributed by atoms with Crippen molar-refractivity contribution >= 4 is 34.3 Å². The second-order valence-electron chi connectivity index (χ2n) is 6.00. The minimum Gasteiger partial charge on any atom is -0.384 e. The Balaban J connectivity index is 1.55. The Labute approximate surface area is 144 Å². The maximum Gasteiger partial charge on any atom is 0.227 e. The fourth-order valence-corrected chi connectivity index (χ4v) is 3.04. The lowest BCUT2D eigenvalue weighted by Gasteiger charge is -2.17. The van der Waals surface area contributed by atoms with Crippen LogP contribution in [0.25, 0.3) is 11.0 Å². The van der Waals surface area contributed by atoms with Gasteiger partial charge in [-0.1, -0.05) is 12.1 Å². The van der Waals surface area contributed by atoms with Crippen LogP contribution in [0.3, 0.4) is 0 Å². The number of nitrogens with two attached hydrogens (primary N) is 1. The van der Waals surface area contributed by atoms with Crippen LogP contribution >= 0.6 is 0 Å². The quantitative estimate of drug-likeness (QED) is 0.760. The smallest absolute Gasteiger partial charge is 0.227 e. The van der Waals surface area contributed by atoms with E-state index in [4.69, 9.17) is 5.73 Å². The zero-order valence-corrected chi connectivity index (χ0v) is 13.6. The molecule has 0 bridgehead atoms. The number of nitrogens with zero attached hydrogens (tertiary/aromatic N) is 4. The molecule has 1 aromatic carbocycles.